The highest BCUT2D eigenvalue weighted by atomic mass is 32.1. The van der Waals surface area contributed by atoms with Gasteiger partial charge in [-0.05, 0) is 67.9 Å². The summed E-state index contributed by atoms with van der Waals surface area (Å²) in [6.07, 6.45) is 3.24. The quantitative estimate of drug-likeness (QED) is 0.330. The molecular weight excluding hydrogens is 494 g/mol. The summed E-state index contributed by atoms with van der Waals surface area (Å²) in [6, 6.07) is 9.89. The number of halogens is 2. The number of Topliss-reactive ketones (excluding diaryl/α,β-unsaturated/α-hetero) is 1. The first-order chi connectivity index (χ1) is 17.7. The molecule has 0 saturated heterocycles. The molecule has 37 heavy (non-hydrogen) atoms. The number of hydrogen-bond acceptors (Lipinski definition) is 5. The molecule has 1 heterocycles. The Morgan fingerprint density at radius 2 is 1.78 bits per heavy atom. The number of carbonyl (C=O) groups is 2. The fourth-order valence-electron chi connectivity index (χ4n) is 5.18. The van der Waals surface area contributed by atoms with E-state index >= 15 is 0 Å². The summed E-state index contributed by atoms with van der Waals surface area (Å²) in [5, 5.41) is 13.9. The number of nitrogens with zero attached hydrogens (tertiary/aromatic N) is 2. The summed E-state index contributed by atoms with van der Waals surface area (Å²) >= 11 is 1.49. The molecule has 0 aliphatic heterocycles. The van der Waals surface area contributed by atoms with Crippen LogP contribution in [-0.2, 0) is 13.0 Å². The van der Waals surface area contributed by atoms with Crippen LogP contribution in [0.25, 0.3) is 0 Å². The number of amides is 1. The zero-order valence-electron chi connectivity index (χ0n) is 21.1. The Balaban J connectivity index is 1.50. The van der Waals surface area contributed by atoms with Crippen LogP contribution in [0.15, 0.2) is 47.8 Å². The van der Waals surface area contributed by atoms with Crippen LogP contribution in [0.4, 0.5) is 8.78 Å². The Kier molecular flexibility index (Phi) is 8.82. The highest BCUT2D eigenvalue weighted by Gasteiger charge is 2.32. The minimum atomic E-state index is -0.754. The third kappa shape index (κ3) is 7.08. The van der Waals surface area contributed by atoms with Crippen molar-refractivity contribution >= 4 is 23.0 Å². The van der Waals surface area contributed by atoms with Gasteiger partial charge < -0.3 is 10.0 Å². The Bertz CT molecular complexity index is 1240. The fourth-order valence-corrected chi connectivity index (χ4v) is 6.01. The molecule has 196 valence electrons. The Morgan fingerprint density at radius 1 is 1.11 bits per heavy atom. The molecule has 8 heteroatoms. The average molecular weight is 527 g/mol. The van der Waals surface area contributed by atoms with Gasteiger partial charge in [0.25, 0.3) is 5.91 Å². The fraction of sp³-hybridized carbons (Fsp3) is 0.414. The van der Waals surface area contributed by atoms with E-state index in [1.165, 1.54) is 23.5 Å². The van der Waals surface area contributed by atoms with Crippen LogP contribution in [0.2, 0.25) is 0 Å². The number of aliphatic hydroxyl groups is 1. The predicted molar refractivity (Wildman–Crippen MR) is 140 cm³/mol. The van der Waals surface area contributed by atoms with Crippen molar-refractivity contribution in [2.75, 3.05) is 7.05 Å². The summed E-state index contributed by atoms with van der Waals surface area (Å²) in [5.74, 6) is -2.23. The van der Waals surface area contributed by atoms with E-state index in [9.17, 15) is 23.5 Å². The lowest BCUT2D eigenvalue weighted by atomic mass is 9.81. The Hall–Kier alpha value is -2.97. The van der Waals surface area contributed by atoms with E-state index in [4.69, 9.17) is 0 Å². The van der Waals surface area contributed by atoms with Crippen LogP contribution >= 0.6 is 11.3 Å². The minimum absolute atomic E-state index is 0.0155. The number of aryl methyl sites for hydroxylation is 1. The maximum absolute atomic E-state index is 13.8. The van der Waals surface area contributed by atoms with Crippen molar-refractivity contribution in [1.29, 1.82) is 0 Å². The van der Waals surface area contributed by atoms with Crippen molar-refractivity contribution in [3.8, 4) is 0 Å². The van der Waals surface area contributed by atoms with Crippen molar-refractivity contribution in [3.05, 3.63) is 86.9 Å². The number of aliphatic hydroxyl groups excluding tert-OH is 1. The number of aromatic nitrogens is 1. The summed E-state index contributed by atoms with van der Waals surface area (Å²) < 4.78 is 27.6. The minimum Gasteiger partial charge on any atom is -0.393 e. The van der Waals surface area contributed by atoms with Gasteiger partial charge in [-0.1, -0.05) is 25.0 Å². The zero-order valence-corrected chi connectivity index (χ0v) is 21.9. The SMILES string of the molecule is Cc1csc(CN(C)C(=O)c2cccc(C(=O)C[C@@H](Cc3cc(F)cc(F)c3)[C@H](O)C3CCCC3)c2)n1. The molecule has 1 fully saturated rings. The summed E-state index contributed by atoms with van der Waals surface area (Å²) in [4.78, 5) is 32.3. The summed E-state index contributed by atoms with van der Waals surface area (Å²) in [6.45, 7) is 2.27. The van der Waals surface area contributed by atoms with Crippen molar-refractivity contribution in [3.63, 3.8) is 0 Å². The first-order valence-corrected chi connectivity index (χ1v) is 13.5. The number of benzene rings is 2. The van der Waals surface area contributed by atoms with Crippen molar-refractivity contribution in [2.24, 2.45) is 11.8 Å². The molecule has 1 amide bonds. The van der Waals surface area contributed by atoms with Gasteiger partial charge in [-0.25, -0.2) is 13.8 Å². The van der Waals surface area contributed by atoms with E-state index < -0.39 is 23.7 Å². The molecule has 0 spiro atoms. The third-order valence-electron chi connectivity index (χ3n) is 7.05. The van der Waals surface area contributed by atoms with Gasteiger partial charge in [0.15, 0.2) is 5.78 Å². The average Bonchev–Trinajstić information content (AvgIpc) is 3.54. The topological polar surface area (TPSA) is 70.5 Å². The van der Waals surface area contributed by atoms with Crippen LogP contribution < -0.4 is 0 Å². The molecule has 2 atom stereocenters. The largest absolute Gasteiger partial charge is 0.393 e. The molecule has 0 unspecified atom stereocenters. The summed E-state index contributed by atoms with van der Waals surface area (Å²) in [7, 11) is 1.69. The second kappa shape index (κ2) is 12.0. The Morgan fingerprint density at radius 3 is 2.43 bits per heavy atom. The van der Waals surface area contributed by atoms with E-state index in [2.05, 4.69) is 4.98 Å². The molecule has 0 radical (unpaired) electrons. The zero-order chi connectivity index (χ0) is 26.5. The normalized spacial score (nSPS) is 15.5. The number of hydrogen-bond donors (Lipinski definition) is 1. The number of thiazole rings is 1. The van der Waals surface area contributed by atoms with E-state index in [1.54, 1.807) is 36.2 Å². The predicted octanol–water partition coefficient (Wildman–Crippen LogP) is 5.98. The van der Waals surface area contributed by atoms with Gasteiger partial charge in [0.1, 0.15) is 16.6 Å². The van der Waals surface area contributed by atoms with E-state index in [1.807, 2.05) is 12.3 Å². The van der Waals surface area contributed by atoms with E-state index in [0.717, 1.165) is 42.5 Å². The van der Waals surface area contributed by atoms with Gasteiger partial charge in [-0.15, -0.1) is 11.3 Å². The first kappa shape index (κ1) is 27.1. The molecule has 5 nitrogen and oxygen atoms in total. The van der Waals surface area contributed by atoms with Crippen molar-refractivity contribution in [2.45, 2.75) is 58.1 Å². The molecule has 1 aliphatic carbocycles. The molecule has 4 rings (SSSR count). The van der Waals surface area contributed by atoms with E-state index in [-0.39, 0.29) is 30.4 Å². The third-order valence-corrected chi connectivity index (χ3v) is 8.00. The number of rotatable bonds is 10. The van der Waals surface area contributed by atoms with Gasteiger partial charge in [0, 0.05) is 41.7 Å². The van der Waals surface area contributed by atoms with Crippen LogP contribution in [0, 0.1) is 30.4 Å². The highest BCUT2D eigenvalue weighted by molar-refractivity contribution is 7.09. The Labute approximate surface area is 220 Å². The maximum Gasteiger partial charge on any atom is 0.253 e. The molecule has 1 saturated carbocycles. The monoisotopic (exact) mass is 526 g/mol. The summed E-state index contributed by atoms with van der Waals surface area (Å²) in [5.41, 5.74) is 2.08. The van der Waals surface area contributed by atoms with Gasteiger partial charge in [-0.3, -0.25) is 9.59 Å². The second-order valence-electron chi connectivity index (χ2n) is 10.0. The van der Waals surface area contributed by atoms with Crippen LogP contribution in [0.3, 0.4) is 0 Å². The van der Waals surface area contributed by atoms with Crippen LogP contribution in [-0.4, -0.2) is 39.8 Å². The number of carbonyl (C=O) groups excluding carboxylic acids is 2. The molecule has 1 N–H and O–H groups in total. The molecule has 1 aromatic heterocycles. The van der Waals surface area contributed by atoms with Gasteiger partial charge >= 0.3 is 0 Å². The standard InChI is InChI=1S/C29H32F2N2O3S/c1-18-17-37-27(32-18)16-33(2)29(36)22-9-5-8-21(13-22)26(34)14-23(28(35)20-6-3-4-7-20)10-19-11-24(30)15-25(31)12-19/h5,8-9,11-13,15,17,20,23,28,35H,3-4,6-7,10,14,16H2,1-2H3/t23-,28-/m1/s1. The lowest BCUT2D eigenvalue weighted by Gasteiger charge is -2.27. The van der Waals surface area contributed by atoms with Crippen molar-refractivity contribution < 1.29 is 23.5 Å². The highest BCUT2D eigenvalue weighted by Crippen LogP contribution is 2.34. The van der Waals surface area contributed by atoms with Crippen molar-refractivity contribution in [1.82, 2.24) is 9.88 Å². The molecule has 3 aromatic rings. The van der Waals surface area contributed by atoms with Gasteiger partial charge in [0.2, 0.25) is 0 Å². The number of ketones is 1. The maximum atomic E-state index is 13.8. The first-order valence-electron chi connectivity index (χ1n) is 12.6. The lowest BCUT2D eigenvalue weighted by molar-refractivity contribution is 0.0456. The van der Waals surface area contributed by atoms with Crippen LogP contribution in [0.1, 0.15) is 69.1 Å². The van der Waals surface area contributed by atoms with Gasteiger partial charge in [-0.2, -0.15) is 0 Å². The molecular formula is C29H32F2N2O3S. The van der Waals surface area contributed by atoms with Crippen LogP contribution in [0.5, 0.6) is 0 Å². The lowest BCUT2D eigenvalue weighted by Crippen LogP contribution is -2.31. The van der Waals surface area contributed by atoms with Gasteiger partial charge in [0.05, 0.1) is 12.6 Å². The molecule has 0 bridgehead atoms. The molecule has 1 aliphatic rings. The van der Waals surface area contributed by atoms with E-state index in [0.29, 0.717) is 23.2 Å². The smallest absolute Gasteiger partial charge is 0.253 e. The molecule has 2 aromatic carbocycles. The second-order valence-corrected chi connectivity index (χ2v) is 11.0.